The van der Waals surface area contributed by atoms with Gasteiger partial charge in [0, 0.05) is 29.4 Å². The molecule has 0 aliphatic carbocycles. The second-order valence-corrected chi connectivity index (χ2v) is 8.85. The molecule has 3 aromatic rings. The molecule has 0 unspecified atom stereocenters. The SMILES string of the molecule is Cc1nn(Cc2ccc(F)cc2)c(Cl)c1CNCc1csc(C(C)(C)C)n1. The highest BCUT2D eigenvalue weighted by Gasteiger charge is 2.18. The van der Waals surface area contributed by atoms with Crippen LogP contribution in [-0.4, -0.2) is 14.8 Å². The van der Waals surface area contributed by atoms with Crippen molar-refractivity contribution in [2.24, 2.45) is 0 Å². The number of nitrogens with zero attached hydrogens (tertiary/aromatic N) is 3. The molecular formula is C20H24ClFN4S. The van der Waals surface area contributed by atoms with Crippen molar-refractivity contribution in [3.05, 3.63) is 68.1 Å². The monoisotopic (exact) mass is 406 g/mol. The van der Waals surface area contributed by atoms with Gasteiger partial charge in [-0.25, -0.2) is 14.1 Å². The second kappa shape index (κ2) is 8.09. The lowest BCUT2D eigenvalue weighted by molar-refractivity contribution is 0.579. The van der Waals surface area contributed by atoms with Gasteiger partial charge in [-0.3, -0.25) is 0 Å². The Balaban J connectivity index is 1.63. The van der Waals surface area contributed by atoms with Crippen molar-refractivity contribution >= 4 is 22.9 Å². The summed E-state index contributed by atoms with van der Waals surface area (Å²) in [4.78, 5) is 4.70. The Kier molecular flexibility index (Phi) is 5.99. The van der Waals surface area contributed by atoms with Crippen LogP contribution in [0.1, 0.15) is 48.3 Å². The molecule has 0 atom stereocenters. The van der Waals surface area contributed by atoms with Crippen molar-refractivity contribution in [2.75, 3.05) is 0 Å². The molecule has 0 aliphatic heterocycles. The van der Waals surface area contributed by atoms with Crippen LogP contribution in [0, 0.1) is 12.7 Å². The number of benzene rings is 1. The summed E-state index contributed by atoms with van der Waals surface area (Å²) < 4.78 is 14.8. The van der Waals surface area contributed by atoms with Crippen LogP contribution >= 0.6 is 22.9 Å². The molecule has 7 heteroatoms. The van der Waals surface area contributed by atoms with Gasteiger partial charge in [0.25, 0.3) is 0 Å². The third-order valence-electron chi connectivity index (χ3n) is 4.23. The molecule has 0 amide bonds. The summed E-state index contributed by atoms with van der Waals surface area (Å²) in [5.41, 5.74) is 3.94. The van der Waals surface area contributed by atoms with Gasteiger partial charge in [0.15, 0.2) is 0 Å². The minimum atomic E-state index is -0.247. The Morgan fingerprint density at radius 3 is 2.52 bits per heavy atom. The number of hydrogen-bond donors (Lipinski definition) is 1. The van der Waals surface area contributed by atoms with E-state index in [1.165, 1.54) is 12.1 Å². The number of hydrogen-bond acceptors (Lipinski definition) is 4. The Morgan fingerprint density at radius 1 is 1.19 bits per heavy atom. The Hall–Kier alpha value is -1.76. The normalized spacial score (nSPS) is 11.9. The van der Waals surface area contributed by atoms with Gasteiger partial charge in [-0.15, -0.1) is 11.3 Å². The molecule has 0 spiro atoms. The second-order valence-electron chi connectivity index (χ2n) is 7.64. The fourth-order valence-corrected chi connectivity index (χ4v) is 3.92. The maximum absolute atomic E-state index is 13.1. The van der Waals surface area contributed by atoms with Gasteiger partial charge in [0.2, 0.25) is 0 Å². The van der Waals surface area contributed by atoms with Crippen LogP contribution < -0.4 is 5.32 Å². The molecule has 1 N–H and O–H groups in total. The van der Waals surface area contributed by atoms with Crippen LogP contribution in [0.3, 0.4) is 0 Å². The van der Waals surface area contributed by atoms with Crippen molar-refractivity contribution in [3.63, 3.8) is 0 Å². The molecular weight excluding hydrogens is 383 g/mol. The van der Waals surface area contributed by atoms with Crippen molar-refractivity contribution in [1.82, 2.24) is 20.1 Å². The molecule has 144 valence electrons. The van der Waals surface area contributed by atoms with Crippen LogP contribution in [-0.2, 0) is 25.0 Å². The topological polar surface area (TPSA) is 42.7 Å². The first-order valence-electron chi connectivity index (χ1n) is 8.86. The molecule has 0 saturated carbocycles. The number of thiazole rings is 1. The van der Waals surface area contributed by atoms with Crippen LogP contribution in [0.2, 0.25) is 5.15 Å². The minimum Gasteiger partial charge on any atom is -0.307 e. The van der Waals surface area contributed by atoms with Gasteiger partial charge in [-0.1, -0.05) is 44.5 Å². The summed E-state index contributed by atoms with van der Waals surface area (Å²) in [6.45, 7) is 10.3. The lowest BCUT2D eigenvalue weighted by atomic mass is 9.98. The molecule has 2 aromatic heterocycles. The van der Waals surface area contributed by atoms with E-state index in [9.17, 15) is 4.39 Å². The van der Waals surface area contributed by atoms with Crippen LogP contribution in [0.25, 0.3) is 0 Å². The summed E-state index contributed by atoms with van der Waals surface area (Å²) in [6, 6.07) is 6.38. The molecule has 4 nitrogen and oxygen atoms in total. The highest BCUT2D eigenvalue weighted by molar-refractivity contribution is 7.09. The number of halogens is 2. The molecule has 27 heavy (non-hydrogen) atoms. The van der Waals surface area contributed by atoms with Gasteiger partial charge in [0.1, 0.15) is 11.0 Å². The van der Waals surface area contributed by atoms with E-state index in [0.29, 0.717) is 24.8 Å². The molecule has 0 fully saturated rings. The van der Waals surface area contributed by atoms with Gasteiger partial charge < -0.3 is 5.32 Å². The first-order valence-corrected chi connectivity index (χ1v) is 10.1. The van der Waals surface area contributed by atoms with Gasteiger partial charge in [0.05, 0.1) is 22.9 Å². The average molecular weight is 407 g/mol. The molecule has 0 aliphatic rings. The van der Waals surface area contributed by atoms with Crippen LogP contribution in [0.5, 0.6) is 0 Å². The third-order valence-corrected chi connectivity index (χ3v) is 5.97. The van der Waals surface area contributed by atoms with E-state index in [0.717, 1.165) is 27.5 Å². The van der Waals surface area contributed by atoms with Crippen molar-refractivity contribution in [2.45, 2.75) is 52.7 Å². The Morgan fingerprint density at radius 2 is 1.89 bits per heavy atom. The standard InChI is InChI=1S/C20H24ClFN4S/c1-13-17(10-23-9-16-12-27-19(24-16)20(2,3)4)18(21)26(25-13)11-14-5-7-15(22)8-6-14/h5-8,12,23H,9-11H2,1-4H3. The number of nitrogens with one attached hydrogen (secondary N) is 1. The van der Waals surface area contributed by atoms with E-state index in [2.05, 4.69) is 36.6 Å². The van der Waals surface area contributed by atoms with Gasteiger partial charge >= 0.3 is 0 Å². The number of rotatable bonds is 6. The first-order chi connectivity index (χ1) is 12.7. The van der Waals surface area contributed by atoms with Gasteiger partial charge in [-0.05, 0) is 24.6 Å². The molecule has 0 saturated heterocycles. The van der Waals surface area contributed by atoms with E-state index >= 15 is 0 Å². The molecule has 1 aromatic carbocycles. The van der Waals surface area contributed by atoms with E-state index in [4.69, 9.17) is 16.6 Å². The zero-order chi connectivity index (χ0) is 19.6. The van der Waals surface area contributed by atoms with E-state index in [-0.39, 0.29) is 11.2 Å². The first kappa shape index (κ1) is 20.0. The van der Waals surface area contributed by atoms with Crippen LogP contribution in [0.4, 0.5) is 4.39 Å². The Bertz CT molecular complexity index is 909. The van der Waals surface area contributed by atoms with Crippen molar-refractivity contribution in [1.29, 1.82) is 0 Å². The third kappa shape index (κ3) is 4.94. The fourth-order valence-electron chi connectivity index (χ4n) is 2.71. The largest absolute Gasteiger partial charge is 0.307 e. The van der Waals surface area contributed by atoms with E-state index in [1.54, 1.807) is 28.2 Å². The quantitative estimate of drug-likeness (QED) is 0.621. The lowest BCUT2D eigenvalue weighted by Crippen LogP contribution is -2.15. The molecule has 0 bridgehead atoms. The lowest BCUT2D eigenvalue weighted by Gasteiger charge is -2.13. The number of aryl methyl sites for hydroxylation is 1. The maximum atomic E-state index is 13.1. The highest BCUT2D eigenvalue weighted by Crippen LogP contribution is 2.26. The Labute approximate surface area is 168 Å². The van der Waals surface area contributed by atoms with Crippen molar-refractivity contribution < 1.29 is 4.39 Å². The highest BCUT2D eigenvalue weighted by atomic mass is 35.5. The summed E-state index contributed by atoms with van der Waals surface area (Å²) >= 11 is 8.22. The summed E-state index contributed by atoms with van der Waals surface area (Å²) in [6.07, 6.45) is 0. The number of aromatic nitrogens is 3. The molecule has 3 rings (SSSR count). The molecule has 0 radical (unpaired) electrons. The summed E-state index contributed by atoms with van der Waals surface area (Å²) in [5, 5.41) is 11.8. The predicted molar refractivity (Wildman–Crippen MR) is 109 cm³/mol. The fraction of sp³-hybridized carbons (Fsp3) is 0.400. The predicted octanol–water partition coefficient (Wildman–Crippen LogP) is 5.08. The maximum Gasteiger partial charge on any atom is 0.132 e. The van der Waals surface area contributed by atoms with E-state index < -0.39 is 0 Å². The average Bonchev–Trinajstić information content (AvgIpc) is 3.17. The summed E-state index contributed by atoms with van der Waals surface area (Å²) in [5.74, 6) is -0.247. The molecule has 2 heterocycles. The zero-order valence-corrected chi connectivity index (χ0v) is 17.6. The van der Waals surface area contributed by atoms with Crippen LogP contribution in [0.15, 0.2) is 29.6 Å². The van der Waals surface area contributed by atoms with Crippen molar-refractivity contribution in [3.8, 4) is 0 Å². The minimum absolute atomic E-state index is 0.0737. The summed E-state index contributed by atoms with van der Waals surface area (Å²) in [7, 11) is 0. The van der Waals surface area contributed by atoms with E-state index in [1.807, 2.05) is 6.92 Å². The smallest absolute Gasteiger partial charge is 0.132 e. The van der Waals surface area contributed by atoms with Gasteiger partial charge in [-0.2, -0.15) is 5.10 Å². The zero-order valence-electron chi connectivity index (χ0n) is 16.0.